The Morgan fingerprint density at radius 1 is 1.00 bits per heavy atom. The van der Waals surface area contributed by atoms with Crippen LogP contribution in [0.25, 0.3) is 0 Å². The van der Waals surface area contributed by atoms with Gasteiger partial charge in [0.15, 0.2) is 14.6 Å². The molecule has 0 aliphatic rings. The van der Waals surface area contributed by atoms with Crippen LogP contribution in [0, 0.1) is 0 Å². The minimum atomic E-state index is -1.69. The Kier molecular flexibility index (Phi) is 8.09. The lowest BCUT2D eigenvalue weighted by Crippen LogP contribution is -2.41. The molecule has 4 nitrogen and oxygen atoms in total. The number of aliphatic hydroxyl groups excluding tert-OH is 1. The third-order valence-corrected chi connectivity index (χ3v) is 9.45. The summed E-state index contributed by atoms with van der Waals surface area (Å²) < 4.78 is 16.6. The molecule has 5 heteroatoms. The molecule has 0 saturated heterocycles. The van der Waals surface area contributed by atoms with E-state index in [1.165, 1.54) is 0 Å². The third kappa shape index (κ3) is 5.97. The average Bonchev–Trinajstić information content (AvgIpc) is 2.52. The van der Waals surface area contributed by atoms with E-state index >= 15 is 0 Å². The second-order valence-corrected chi connectivity index (χ2v) is 12.5. The van der Waals surface area contributed by atoms with Crippen LogP contribution in [0.4, 0.5) is 0 Å². The molecule has 0 spiro atoms. The molecule has 1 rings (SSSR count). The number of hydrogen-bond acceptors (Lipinski definition) is 4. The quantitative estimate of drug-likeness (QED) is 0.393. The molecule has 0 aromatic heterocycles. The first-order valence-corrected chi connectivity index (χ1v) is 11.5. The van der Waals surface area contributed by atoms with E-state index in [1.807, 2.05) is 24.3 Å². The molecular weight excluding hydrogens is 320 g/mol. The van der Waals surface area contributed by atoms with Crippen molar-refractivity contribution in [2.24, 2.45) is 0 Å². The fraction of sp³-hybridized carbons (Fsp3) is 0.684. The Bertz CT molecular complexity index is 475. The number of benzene rings is 1. The number of ether oxygens (including phenoxy) is 2. The summed E-state index contributed by atoms with van der Waals surface area (Å²) in [6, 6.07) is 7.73. The van der Waals surface area contributed by atoms with Crippen molar-refractivity contribution in [3.8, 4) is 0 Å². The summed E-state index contributed by atoms with van der Waals surface area (Å²) in [6.45, 7) is 11.9. The van der Waals surface area contributed by atoms with Crippen molar-refractivity contribution < 1.29 is 19.0 Å². The van der Waals surface area contributed by atoms with E-state index in [9.17, 15) is 5.11 Å². The van der Waals surface area contributed by atoms with Gasteiger partial charge >= 0.3 is 0 Å². The fourth-order valence-electron chi connectivity index (χ4n) is 2.23. The molecule has 1 aromatic rings. The number of hydrogen-bond donors (Lipinski definition) is 1. The van der Waals surface area contributed by atoms with Crippen LogP contribution < -0.4 is 0 Å². The lowest BCUT2D eigenvalue weighted by Gasteiger charge is -2.36. The van der Waals surface area contributed by atoms with Gasteiger partial charge in [0, 0.05) is 26.4 Å². The maximum absolute atomic E-state index is 10.3. The van der Waals surface area contributed by atoms with Crippen molar-refractivity contribution in [3.05, 3.63) is 35.4 Å². The van der Waals surface area contributed by atoms with Crippen LogP contribution in [0.2, 0.25) is 18.1 Å². The van der Waals surface area contributed by atoms with Crippen LogP contribution in [0.3, 0.4) is 0 Å². The second-order valence-electron chi connectivity index (χ2n) is 7.74. The summed E-state index contributed by atoms with van der Waals surface area (Å²) >= 11 is 0. The van der Waals surface area contributed by atoms with Crippen molar-refractivity contribution in [1.82, 2.24) is 0 Å². The summed E-state index contributed by atoms with van der Waals surface area (Å²) in [6.07, 6.45) is 0.722. The summed E-state index contributed by atoms with van der Waals surface area (Å²) in [5, 5.41) is 10.6. The minimum Gasteiger partial charge on any atom is -0.417 e. The first-order chi connectivity index (χ1) is 11.1. The van der Waals surface area contributed by atoms with Gasteiger partial charge in [0.2, 0.25) is 0 Å². The first-order valence-electron chi connectivity index (χ1n) is 8.60. The Balaban J connectivity index is 2.47. The summed E-state index contributed by atoms with van der Waals surface area (Å²) in [5.74, 6) is 0. The molecule has 0 fully saturated rings. The van der Waals surface area contributed by atoms with E-state index in [4.69, 9.17) is 13.9 Å². The summed E-state index contributed by atoms with van der Waals surface area (Å²) in [5.41, 5.74) is 1.86. The maximum atomic E-state index is 10.3. The minimum absolute atomic E-state index is 0.223. The fourth-order valence-corrected chi connectivity index (χ4v) is 3.32. The van der Waals surface area contributed by atoms with Crippen molar-refractivity contribution in [1.29, 1.82) is 0 Å². The Hall–Kier alpha value is -0.723. The van der Waals surface area contributed by atoms with Gasteiger partial charge in [-0.3, -0.25) is 0 Å². The highest BCUT2D eigenvalue weighted by Gasteiger charge is 2.36. The lowest BCUT2D eigenvalue weighted by atomic mass is 10.0. The van der Waals surface area contributed by atoms with Crippen molar-refractivity contribution >= 4 is 8.32 Å². The van der Waals surface area contributed by atoms with Crippen LogP contribution >= 0.6 is 0 Å². The maximum Gasteiger partial charge on any atom is 0.191 e. The van der Waals surface area contributed by atoms with Gasteiger partial charge in [0.1, 0.15) is 0 Å². The highest BCUT2D eigenvalue weighted by Crippen LogP contribution is 2.36. The standard InChI is InChI=1S/C19H34O4Si/c1-19(2,3)24(6,7)23-14-8-9-17(20)15-10-12-16(13-11-15)18(21-4)22-5/h10-13,17-18,20H,8-9,14H2,1-7H3. The van der Waals surface area contributed by atoms with Gasteiger partial charge in [0.05, 0.1) is 6.10 Å². The van der Waals surface area contributed by atoms with E-state index in [0.29, 0.717) is 13.0 Å². The molecule has 0 heterocycles. The Morgan fingerprint density at radius 2 is 1.50 bits per heavy atom. The van der Waals surface area contributed by atoms with Crippen molar-refractivity contribution in [3.63, 3.8) is 0 Å². The van der Waals surface area contributed by atoms with Crippen LogP contribution in [-0.2, 0) is 13.9 Å². The highest BCUT2D eigenvalue weighted by molar-refractivity contribution is 6.74. The topological polar surface area (TPSA) is 47.9 Å². The summed E-state index contributed by atoms with van der Waals surface area (Å²) in [4.78, 5) is 0. The van der Waals surface area contributed by atoms with E-state index in [2.05, 4.69) is 33.9 Å². The Morgan fingerprint density at radius 3 is 1.96 bits per heavy atom. The van der Waals surface area contributed by atoms with Crippen LogP contribution in [0.5, 0.6) is 0 Å². The summed E-state index contributed by atoms with van der Waals surface area (Å²) in [7, 11) is 1.53. The average molecular weight is 355 g/mol. The molecule has 138 valence electrons. The van der Waals surface area contributed by atoms with Gasteiger partial charge in [-0.2, -0.15) is 0 Å². The number of methoxy groups -OCH3 is 2. The van der Waals surface area contributed by atoms with Crippen LogP contribution in [-0.4, -0.2) is 34.3 Å². The van der Waals surface area contributed by atoms with Gasteiger partial charge in [-0.25, -0.2) is 0 Å². The van der Waals surface area contributed by atoms with Gasteiger partial charge < -0.3 is 19.0 Å². The smallest absolute Gasteiger partial charge is 0.191 e. The van der Waals surface area contributed by atoms with E-state index in [-0.39, 0.29) is 11.3 Å². The predicted octanol–water partition coefficient (Wildman–Crippen LogP) is 4.81. The van der Waals surface area contributed by atoms with Gasteiger partial charge in [-0.05, 0) is 36.5 Å². The SMILES string of the molecule is COC(OC)c1ccc(C(O)CCCO[Si](C)(C)C(C)(C)C)cc1. The second kappa shape index (κ2) is 9.11. The molecule has 24 heavy (non-hydrogen) atoms. The van der Waals surface area contributed by atoms with Crippen LogP contribution in [0.1, 0.15) is 57.1 Å². The normalized spacial score (nSPS) is 14.2. The molecule has 0 bridgehead atoms. The highest BCUT2D eigenvalue weighted by atomic mass is 28.4. The predicted molar refractivity (Wildman–Crippen MR) is 101 cm³/mol. The monoisotopic (exact) mass is 354 g/mol. The molecule has 1 atom stereocenters. The van der Waals surface area contributed by atoms with Crippen LogP contribution in [0.15, 0.2) is 24.3 Å². The van der Waals surface area contributed by atoms with Gasteiger partial charge in [-0.1, -0.05) is 45.0 Å². The molecule has 1 aromatic carbocycles. The molecule has 0 saturated carbocycles. The molecular formula is C19H34O4Si. The molecule has 0 aliphatic heterocycles. The van der Waals surface area contributed by atoms with Gasteiger partial charge in [-0.15, -0.1) is 0 Å². The van der Waals surface area contributed by atoms with E-state index in [0.717, 1.165) is 17.5 Å². The zero-order valence-electron chi connectivity index (χ0n) is 16.3. The van der Waals surface area contributed by atoms with E-state index < -0.39 is 14.4 Å². The zero-order chi connectivity index (χ0) is 18.4. The van der Waals surface area contributed by atoms with E-state index in [1.54, 1.807) is 14.2 Å². The molecule has 0 amide bonds. The first kappa shape index (κ1) is 21.3. The number of rotatable bonds is 9. The van der Waals surface area contributed by atoms with Crippen molar-refractivity contribution in [2.45, 2.75) is 64.1 Å². The third-order valence-electron chi connectivity index (χ3n) is 4.91. The molecule has 0 radical (unpaired) electrons. The molecule has 0 aliphatic carbocycles. The lowest BCUT2D eigenvalue weighted by molar-refractivity contribution is -0.106. The number of aliphatic hydroxyl groups is 1. The molecule has 1 unspecified atom stereocenters. The zero-order valence-corrected chi connectivity index (χ0v) is 17.3. The van der Waals surface area contributed by atoms with Gasteiger partial charge in [0.25, 0.3) is 0 Å². The molecule has 1 N–H and O–H groups in total. The Labute approximate surface area is 148 Å². The largest absolute Gasteiger partial charge is 0.417 e. The van der Waals surface area contributed by atoms with Crippen molar-refractivity contribution in [2.75, 3.05) is 20.8 Å².